The van der Waals surface area contributed by atoms with Crippen molar-refractivity contribution >= 4 is 17.6 Å². The van der Waals surface area contributed by atoms with E-state index in [2.05, 4.69) is 10.6 Å². The number of nitrogens with one attached hydrogen (secondary N) is 1. The largest absolute Gasteiger partial charge is 0.393 e. The van der Waals surface area contributed by atoms with Crippen LogP contribution in [0.5, 0.6) is 0 Å². The third-order valence-corrected chi connectivity index (χ3v) is 2.77. The van der Waals surface area contributed by atoms with Gasteiger partial charge in [0, 0.05) is 11.9 Å². The van der Waals surface area contributed by atoms with Gasteiger partial charge in [-0.05, 0) is 25.7 Å². The number of nitroso groups, excluding NO2 is 1. The third kappa shape index (κ3) is 3.94. The van der Waals surface area contributed by atoms with E-state index in [1.807, 2.05) is 0 Å². The summed E-state index contributed by atoms with van der Waals surface area (Å²) in [7, 11) is 0. The molecule has 92 valence electrons. The maximum atomic E-state index is 11.5. The minimum atomic E-state index is -0.547. The summed E-state index contributed by atoms with van der Waals surface area (Å²) >= 11 is 5.42. The fourth-order valence-corrected chi connectivity index (χ4v) is 1.96. The summed E-state index contributed by atoms with van der Waals surface area (Å²) in [6.07, 6.45) is 2.61. The number of amides is 2. The standard InChI is InChI=1S/C9H16ClN3O3/c10-4-5-13(12-16)9(15)11-7-2-1-3-8(14)6-7/h7-8,14H,1-6H2,(H,11,15)/t7-,8+/m0/s1. The molecule has 0 aromatic rings. The molecule has 2 N–H and O–H groups in total. The number of urea groups is 1. The molecule has 2 amide bonds. The predicted molar refractivity (Wildman–Crippen MR) is 60.0 cm³/mol. The zero-order valence-corrected chi connectivity index (χ0v) is 9.69. The average Bonchev–Trinajstić information content (AvgIpc) is 2.25. The molecule has 0 aliphatic heterocycles. The highest BCUT2D eigenvalue weighted by Crippen LogP contribution is 2.18. The zero-order chi connectivity index (χ0) is 12.0. The van der Waals surface area contributed by atoms with Crippen LogP contribution in [0, 0.1) is 4.91 Å². The first kappa shape index (κ1) is 13.2. The summed E-state index contributed by atoms with van der Waals surface area (Å²) in [5.74, 6) is 0.159. The van der Waals surface area contributed by atoms with Gasteiger partial charge in [0.25, 0.3) is 0 Å². The van der Waals surface area contributed by atoms with Crippen LogP contribution in [0.3, 0.4) is 0 Å². The van der Waals surface area contributed by atoms with Gasteiger partial charge in [-0.15, -0.1) is 16.5 Å². The molecular formula is C9H16ClN3O3. The van der Waals surface area contributed by atoms with Crippen LogP contribution in [0.15, 0.2) is 5.29 Å². The third-order valence-electron chi connectivity index (χ3n) is 2.60. The topological polar surface area (TPSA) is 82.0 Å². The first-order chi connectivity index (χ1) is 7.67. The second kappa shape index (κ2) is 6.65. The Morgan fingerprint density at radius 2 is 2.31 bits per heavy atom. The average molecular weight is 250 g/mol. The minimum absolute atomic E-state index is 0.0872. The summed E-state index contributed by atoms with van der Waals surface area (Å²) in [6.45, 7) is 0.0894. The second-order valence-electron chi connectivity index (χ2n) is 3.86. The zero-order valence-electron chi connectivity index (χ0n) is 8.93. The quantitative estimate of drug-likeness (QED) is 0.447. The Morgan fingerprint density at radius 1 is 1.56 bits per heavy atom. The highest BCUT2D eigenvalue weighted by Gasteiger charge is 2.23. The summed E-state index contributed by atoms with van der Waals surface area (Å²) < 4.78 is 0. The number of carbonyl (C=O) groups is 1. The summed E-state index contributed by atoms with van der Waals surface area (Å²) in [5.41, 5.74) is 0. The highest BCUT2D eigenvalue weighted by molar-refractivity contribution is 6.18. The molecule has 1 saturated carbocycles. The van der Waals surface area contributed by atoms with Crippen molar-refractivity contribution in [3.8, 4) is 0 Å². The SMILES string of the molecule is O=NN(CCCl)C(=O)N[C@H]1CCC[C@@H](O)C1. The lowest BCUT2D eigenvalue weighted by atomic mass is 9.93. The van der Waals surface area contributed by atoms with Crippen LogP contribution in [-0.2, 0) is 0 Å². The molecule has 16 heavy (non-hydrogen) atoms. The van der Waals surface area contributed by atoms with E-state index in [-0.39, 0.29) is 24.6 Å². The molecule has 0 radical (unpaired) electrons. The lowest BCUT2D eigenvalue weighted by Crippen LogP contribution is -2.45. The van der Waals surface area contributed by atoms with Gasteiger partial charge in [0.05, 0.1) is 17.9 Å². The van der Waals surface area contributed by atoms with E-state index in [0.29, 0.717) is 6.42 Å². The van der Waals surface area contributed by atoms with Gasteiger partial charge in [0.15, 0.2) is 0 Å². The summed E-state index contributed by atoms with van der Waals surface area (Å²) in [5, 5.41) is 15.4. The van der Waals surface area contributed by atoms with Gasteiger partial charge in [-0.25, -0.2) is 4.79 Å². The maximum absolute atomic E-state index is 11.5. The molecule has 1 aliphatic carbocycles. The first-order valence-corrected chi connectivity index (χ1v) is 5.86. The molecule has 0 spiro atoms. The van der Waals surface area contributed by atoms with E-state index >= 15 is 0 Å². The van der Waals surface area contributed by atoms with E-state index < -0.39 is 6.03 Å². The van der Waals surface area contributed by atoms with Crippen molar-refractivity contribution in [3.05, 3.63) is 4.91 Å². The van der Waals surface area contributed by atoms with Gasteiger partial charge in [0.2, 0.25) is 0 Å². The number of carbonyl (C=O) groups excluding carboxylic acids is 1. The monoisotopic (exact) mass is 249 g/mol. The van der Waals surface area contributed by atoms with Gasteiger partial charge < -0.3 is 10.4 Å². The number of alkyl halides is 1. The Labute approximate surface area is 98.9 Å². The second-order valence-corrected chi connectivity index (χ2v) is 4.24. The van der Waals surface area contributed by atoms with Gasteiger partial charge >= 0.3 is 6.03 Å². The molecule has 1 fully saturated rings. The van der Waals surface area contributed by atoms with E-state index in [0.717, 1.165) is 24.3 Å². The number of halogens is 1. The molecule has 2 atom stereocenters. The van der Waals surface area contributed by atoms with Crippen molar-refractivity contribution < 1.29 is 9.90 Å². The van der Waals surface area contributed by atoms with Crippen LogP contribution in [0.25, 0.3) is 0 Å². The van der Waals surface area contributed by atoms with Crippen molar-refractivity contribution in [2.75, 3.05) is 12.4 Å². The molecule has 0 unspecified atom stereocenters. The molecule has 6 nitrogen and oxygen atoms in total. The van der Waals surface area contributed by atoms with Crippen molar-refractivity contribution in [1.29, 1.82) is 0 Å². The fourth-order valence-electron chi connectivity index (χ4n) is 1.80. The van der Waals surface area contributed by atoms with E-state index in [1.54, 1.807) is 0 Å². The molecular weight excluding hydrogens is 234 g/mol. The molecule has 0 saturated heterocycles. The van der Waals surface area contributed by atoms with E-state index in [9.17, 15) is 14.8 Å². The minimum Gasteiger partial charge on any atom is -0.393 e. The number of aliphatic hydroxyl groups is 1. The Kier molecular flexibility index (Phi) is 5.48. The van der Waals surface area contributed by atoms with E-state index in [1.165, 1.54) is 0 Å². The van der Waals surface area contributed by atoms with Crippen molar-refractivity contribution in [1.82, 2.24) is 10.3 Å². The smallest absolute Gasteiger partial charge is 0.340 e. The van der Waals surface area contributed by atoms with Gasteiger partial charge in [-0.2, -0.15) is 5.01 Å². The fraction of sp³-hybridized carbons (Fsp3) is 0.889. The Balaban J connectivity index is 2.39. The summed E-state index contributed by atoms with van der Waals surface area (Å²) in [6, 6.07) is -0.634. The molecule has 1 aliphatic rings. The van der Waals surface area contributed by atoms with Gasteiger partial charge in [-0.1, -0.05) is 0 Å². The van der Waals surface area contributed by atoms with Crippen LogP contribution in [0.1, 0.15) is 25.7 Å². The Bertz CT molecular complexity index is 252. The molecule has 1 rings (SSSR count). The van der Waals surface area contributed by atoms with Crippen LogP contribution in [-0.4, -0.2) is 40.7 Å². The molecule has 0 heterocycles. The first-order valence-electron chi connectivity index (χ1n) is 5.32. The molecule has 0 aromatic heterocycles. The number of hydrogen-bond acceptors (Lipinski definition) is 4. The molecule has 0 bridgehead atoms. The van der Waals surface area contributed by atoms with Crippen LogP contribution < -0.4 is 5.32 Å². The molecule has 7 heteroatoms. The summed E-state index contributed by atoms with van der Waals surface area (Å²) in [4.78, 5) is 21.9. The number of hydrogen-bond donors (Lipinski definition) is 2. The Morgan fingerprint density at radius 3 is 2.88 bits per heavy atom. The van der Waals surface area contributed by atoms with Crippen molar-refractivity contribution in [2.24, 2.45) is 5.29 Å². The van der Waals surface area contributed by atoms with Crippen LogP contribution in [0.2, 0.25) is 0 Å². The Hall–Kier alpha value is -0.880. The van der Waals surface area contributed by atoms with Crippen molar-refractivity contribution in [2.45, 2.75) is 37.8 Å². The number of nitrogens with zero attached hydrogens (tertiary/aromatic N) is 2. The maximum Gasteiger partial charge on any atom is 0.340 e. The van der Waals surface area contributed by atoms with Crippen LogP contribution in [0.4, 0.5) is 4.79 Å². The van der Waals surface area contributed by atoms with Gasteiger partial charge in [-0.3, -0.25) is 0 Å². The molecule has 0 aromatic carbocycles. The lowest BCUT2D eigenvalue weighted by molar-refractivity contribution is 0.111. The van der Waals surface area contributed by atoms with E-state index in [4.69, 9.17) is 11.6 Å². The number of rotatable bonds is 4. The van der Waals surface area contributed by atoms with Crippen LogP contribution >= 0.6 is 11.6 Å². The highest BCUT2D eigenvalue weighted by atomic mass is 35.5. The number of aliphatic hydroxyl groups excluding tert-OH is 1. The predicted octanol–water partition coefficient (Wildman–Crippen LogP) is 1.22. The van der Waals surface area contributed by atoms with Gasteiger partial charge in [0.1, 0.15) is 0 Å². The van der Waals surface area contributed by atoms with Crippen molar-refractivity contribution in [3.63, 3.8) is 0 Å². The lowest BCUT2D eigenvalue weighted by Gasteiger charge is -2.27. The normalized spacial score (nSPS) is 24.9.